The maximum absolute atomic E-state index is 12.8. The van der Waals surface area contributed by atoms with Gasteiger partial charge < -0.3 is 19.7 Å². The molecule has 1 heterocycles. The Morgan fingerprint density at radius 3 is 2.39 bits per heavy atom. The summed E-state index contributed by atoms with van der Waals surface area (Å²) in [6, 6.07) is 18.2. The Hall–Kier alpha value is -3.61. The Bertz CT molecular complexity index is 930. The van der Waals surface area contributed by atoms with Crippen LogP contribution in [0.25, 0.3) is 0 Å². The number of hydrogen-bond donors (Lipinski definition) is 1. The van der Waals surface area contributed by atoms with Gasteiger partial charge in [-0.3, -0.25) is 4.79 Å². The average molecular weight is 378 g/mol. The van der Waals surface area contributed by atoms with Gasteiger partial charge in [0.2, 0.25) is 0 Å². The van der Waals surface area contributed by atoms with Crippen LogP contribution in [0.1, 0.15) is 17.4 Å². The summed E-state index contributed by atoms with van der Waals surface area (Å²) in [5.41, 5.74) is 1.78. The summed E-state index contributed by atoms with van der Waals surface area (Å²) >= 11 is 0. The van der Waals surface area contributed by atoms with Crippen molar-refractivity contribution in [1.29, 1.82) is 0 Å². The highest BCUT2D eigenvalue weighted by Crippen LogP contribution is 2.30. The highest BCUT2D eigenvalue weighted by Gasteiger charge is 2.18. The number of benzene rings is 2. The third kappa shape index (κ3) is 4.20. The number of para-hydroxylation sites is 1. The summed E-state index contributed by atoms with van der Waals surface area (Å²) in [5.74, 6) is 1.62. The van der Waals surface area contributed by atoms with E-state index in [1.807, 2.05) is 37.3 Å². The van der Waals surface area contributed by atoms with Crippen molar-refractivity contribution < 1.29 is 14.3 Å². The summed E-state index contributed by atoms with van der Waals surface area (Å²) in [6.07, 6.45) is 0. The number of amides is 1. The van der Waals surface area contributed by atoms with Crippen molar-refractivity contribution in [3.8, 4) is 11.5 Å². The summed E-state index contributed by atoms with van der Waals surface area (Å²) in [4.78, 5) is 14.5. The van der Waals surface area contributed by atoms with E-state index in [1.165, 1.54) is 0 Å². The highest BCUT2D eigenvalue weighted by molar-refractivity contribution is 6.04. The van der Waals surface area contributed by atoms with E-state index in [9.17, 15) is 4.79 Å². The van der Waals surface area contributed by atoms with Crippen LogP contribution < -0.4 is 19.7 Å². The van der Waals surface area contributed by atoms with Crippen molar-refractivity contribution in [3.05, 3.63) is 66.4 Å². The molecule has 0 saturated carbocycles. The van der Waals surface area contributed by atoms with Gasteiger partial charge in [0.1, 0.15) is 11.5 Å². The molecule has 1 aromatic heterocycles. The Balaban J connectivity index is 1.79. The van der Waals surface area contributed by atoms with E-state index in [-0.39, 0.29) is 11.6 Å². The van der Waals surface area contributed by atoms with Gasteiger partial charge >= 0.3 is 0 Å². The minimum atomic E-state index is -0.202. The van der Waals surface area contributed by atoms with Crippen LogP contribution in [-0.2, 0) is 0 Å². The topological polar surface area (TPSA) is 76.6 Å². The van der Waals surface area contributed by atoms with E-state index < -0.39 is 0 Å². The van der Waals surface area contributed by atoms with Gasteiger partial charge in [0, 0.05) is 18.3 Å². The van der Waals surface area contributed by atoms with Crippen molar-refractivity contribution in [2.75, 3.05) is 31.0 Å². The van der Waals surface area contributed by atoms with Crippen LogP contribution in [0.5, 0.6) is 11.5 Å². The van der Waals surface area contributed by atoms with Gasteiger partial charge in [0.15, 0.2) is 11.5 Å². The van der Waals surface area contributed by atoms with Crippen molar-refractivity contribution in [2.45, 2.75) is 6.92 Å². The van der Waals surface area contributed by atoms with E-state index in [0.29, 0.717) is 29.5 Å². The lowest BCUT2D eigenvalue weighted by Gasteiger charge is -2.20. The average Bonchev–Trinajstić information content (AvgIpc) is 2.75. The van der Waals surface area contributed by atoms with Gasteiger partial charge in [-0.2, -0.15) is 0 Å². The summed E-state index contributed by atoms with van der Waals surface area (Å²) in [7, 11) is 3.18. The second-order valence-corrected chi connectivity index (χ2v) is 5.88. The molecule has 2 aromatic carbocycles. The predicted molar refractivity (Wildman–Crippen MR) is 109 cm³/mol. The number of rotatable bonds is 7. The molecule has 3 rings (SSSR count). The predicted octanol–water partition coefficient (Wildman–Crippen LogP) is 3.90. The minimum Gasteiger partial charge on any atom is -0.497 e. The third-order valence-electron chi connectivity index (χ3n) is 4.18. The van der Waals surface area contributed by atoms with Crippen molar-refractivity contribution in [1.82, 2.24) is 10.2 Å². The van der Waals surface area contributed by atoms with Gasteiger partial charge in [0.25, 0.3) is 5.91 Å². The van der Waals surface area contributed by atoms with Gasteiger partial charge in [-0.15, -0.1) is 10.2 Å². The first-order chi connectivity index (χ1) is 13.7. The van der Waals surface area contributed by atoms with Crippen LogP contribution in [0, 0.1) is 0 Å². The Morgan fingerprint density at radius 2 is 1.79 bits per heavy atom. The van der Waals surface area contributed by atoms with Crippen molar-refractivity contribution in [2.24, 2.45) is 0 Å². The number of anilines is 3. The molecular weight excluding hydrogens is 356 g/mol. The zero-order valence-electron chi connectivity index (χ0n) is 16.0. The fourth-order valence-electron chi connectivity index (χ4n) is 2.75. The molecular formula is C21H22N4O3. The molecule has 0 unspecified atom stereocenters. The summed E-state index contributed by atoms with van der Waals surface area (Å²) < 4.78 is 10.6. The van der Waals surface area contributed by atoms with Gasteiger partial charge in [-0.1, -0.05) is 18.2 Å². The quantitative estimate of drug-likeness (QED) is 0.672. The first kappa shape index (κ1) is 19.2. The molecule has 0 saturated heterocycles. The first-order valence-corrected chi connectivity index (χ1v) is 8.86. The molecule has 7 nitrogen and oxygen atoms in total. The smallest absolute Gasteiger partial charge is 0.278 e. The molecule has 0 radical (unpaired) electrons. The van der Waals surface area contributed by atoms with E-state index >= 15 is 0 Å². The van der Waals surface area contributed by atoms with Crippen LogP contribution in [0.2, 0.25) is 0 Å². The molecule has 28 heavy (non-hydrogen) atoms. The SMILES string of the molecule is CCN(C(=O)c1ccc(Nc2cc(OC)ccc2OC)nn1)c1ccccc1. The second-order valence-electron chi connectivity index (χ2n) is 5.88. The van der Waals surface area contributed by atoms with Crippen LogP contribution in [0.15, 0.2) is 60.7 Å². The Kier molecular flexibility index (Phi) is 6.06. The molecule has 0 aliphatic heterocycles. The monoisotopic (exact) mass is 378 g/mol. The van der Waals surface area contributed by atoms with Crippen LogP contribution >= 0.6 is 0 Å². The lowest BCUT2D eigenvalue weighted by atomic mass is 10.2. The number of nitrogens with zero attached hydrogens (tertiary/aromatic N) is 3. The van der Waals surface area contributed by atoms with E-state index in [4.69, 9.17) is 9.47 Å². The number of carbonyl (C=O) groups excluding carboxylic acids is 1. The van der Waals surface area contributed by atoms with Crippen molar-refractivity contribution >= 4 is 23.1 Å². The number of methoxy groups -OCH3 is 2. The van der Waals surface area contributed by atoms with Gasteiger partial charge in [0.05, 0.1) is 19.9 Å². The third-order valence-corrected chi connectivity index (χ3v) is 4.18. The van der Waals surface area contributed by atoms with Gasteiger partial charge in [-0.05, 0) is 43.3 Å². The van der Waals surface area contributed by atoms with E-state index in [0.717, 1.165) is 5.69 Å². The van der Waals surface area contributed by atoms with Crippen LogP contribution in [0.3, 0.4) is 0 Å². The molecule has 7 heteroatoms. The van der Waals surface area contributed by atoms with Crippen LogP contribution in [0.4, 0.5) is 17.2 Å². The van der Waals surface area contributed by atoms with Gasteiger partial charge in [-0.25, -0.2) is 0 Å². The van der Waals surface area contributed by atoms with Crippen molar-refractivity contribution in [3.63, 3.8) is 0 Å². The number of hydrogen-bond acceptors (Lipinski definition) is 6. The molecule has 0 atom stereocenters. The number of ether oxygens (including phenoxy) is 2. The fraction of sp³-hybridized carbons (Fsp3) is 0.190. The number of aromatic nitrogens is 2. The lowest BCUT2D eigenvalue weighted by Crippen LogP contribution is -2.31. The van der Waals surface area contributed by atoms with E-state index in [1.54, 1.807) is 49.5 Å². The summed E-state index contributed by atoms with van der Waals surface area (Å²) in [6.45, 7) is 2.45. The zero-order valence-corrected chi connectivity index (χ0v) is 16.0. The second kappa shape index (κ2) is 8.85. The number of carbonyl (C=O) groups is 1. The molecule has 1 amide bonds. The molecule has 3 aromatic rings. The molecule has 1 N–H and O–H groups in total. The highest BCUT2D eigenvalue weighted by atomic mass is 16.5. The molecule has 0 spiro atoms. The maximum Gasteiger partial charge on any atom is 0.278 e. The Labute approximate surface area is 163 Å². The Morgan fingerprint density at radius 1 is 1.00 bits per heavy atom. The first-order valence-electron chi connectivity index (χ1n) is 8.86. The number of nitrogens with one attached hydrogen (secondary N) is 1. The summed E-state index contributed by atoms with van der Waals surface area (Å²) in [5, 5.41) is 11.4. The molecule has 0 aliphatic carbocycles. The zero-order chi connectivity index (χ0) is 19.9. The molecule has 0 bridgehead atoms. The normalized spacial score (nSPS) is 10.2. The largest absolute Gasteiger partial charge is 0.497 e. The van der Waals surface area contributed by atoms with Crippen LogP contribution in [-0.4, -0.2) is 36.9 Å². The maximum atomic E-state index is 12.8. The lowest BCUT2D eigenvalue weighted by molar-refractivity contribution is 0.0982. The molecule has 144 valence electrons. The minimum absolute atomic E-state index is 0.202. The standard InChI is InChI=1S/C21H22N4O3/c1-4-25(15-8-6-5-7-9-15)21(26)17-11-13-20(24-23-17)22-18-14-16(27-2)10-12-19(18)28-3/h5-14H,4H2,1-3H3,(H,22,24). The molecule has 0 fully saturated rings. The fourth-order valence-corrected chi connectivity index (χ4v) is 2.75. The molecule has 0 aliphatic rings. The van der Waals surface area contributed by atoms with E-state index in [2.05, 4.69) is 15.5 Å².